The van der Waals surface area contributed by atoms with E-state index in [1.54, 1.807) is 12.4 Å². The molecule has 0 unspecified atom stereocenters. The van der Waals surface area contributed by atoms with Gasteiger partial charge in [0.15, 0.2) is 5.82 Å². The summed E-state index contributed by atoms with van der Waals surface area (Å²) in [6.07, 6.45) is 6.99. The van der Waals surface area contributed by atoms with Gasteiger partial charge in [0.25, 0.3) is 0 Å². The second kappa shape index (κ2) is 7.28. The van der Waals surface area contributed by atoms with E-state index in [0.29, 0.717) is 30.5 Å². The van der Waals surface area contributed by atoms with Crippen molar-refractivity contribution in [2.75, 3.05) is 17.7 Å². The summed E-state index contributed by atoms with van der Waals surface area (Å²) in [7, 11) is 0. The van der Waals surface area contributed by atoms with E-state index < -0.39 is 0 Å². The van der Waals surface area contributed by atoms with Crippen LogP contribution in [0.25, 0.3) is 0 Å². The van der Waals surface area contributed by atoms with Crippen LogP contribution in [0.5, 0.6) is 5.88 Å². The Kier molecular flexibility index (Phi) is 5.11. The Hall–Kier alpha value is -2.37. The summed E-state index contributed by atoms with van der Waals surface area (Å²) in [6.45, 7) is 3.34. The molecule has 0 radical (unpaired) electrons. The third kappa shape index (κ3) is 3.81. The molecule has 0 aliphatic rings. The van der Waals surface area contributed by atoms with E-state index in [0.717, 1.165) is 18.4 Å². The minimum absolute atomic E-state index is 0.436. The van der Waals surface area contributed by atoms with Crippen LogP contribution in [0.4, 0.5) is 11.5 Å². The highest BCUT2D eigenvalue weighted by atomic mass is 16.5. The Labute approximate surface area is 118 Å². The molecular weight excluding hydrogens is 254 g/mol. The number of hydrogen-bond donors (Lipinski definition) is 2. The fourth-order valence-electron chi connectivity index (χ4n) is 1.63. The lowest BCUT2D eigenvalue weighted by atomic mass is 10.3. The second-order valence-corrected chi connectivity index (χ2v) is 4.35. The predicted octanol–water partition coefficient (Wildman–Crippen LogP) is 2.24. The number of unbranched alkanes of at least 4 members (excludes halogenated alkanes) is 1. The monoisotopic (exact) mass is 273 g/mol. The maximum Gasteiger partial charge on any atom is 0.242 e. The van der Waals surface area contributed by atoms with Gasteiger partial charge >= 0.3 is 0 Å². The van der Waals surface area contributed by atoms with E-state index in [2.05, 4.69) is 27.2 Å². The summed E-state index contributed by atoms with van der Waals surface area (Å²) in [6, 6.07) is 3.87. The Morgan fingerprint density at radius 2 is 2.05 bits per heavy atom. The molecule has 106 valence electrons. The van der Waals surface area contributed by atoms with Gasteiger partial charge < -0.3 is 15.8 Å². The van der Waals surface area contributed by atoms with E-state index in [1.165, 1.54) is 6.33 Å². The molecular formula is C14H19N5O. The molecule has 0 aromatic carbocycles. The lowest BCUT2D eigenvalue weighted by Crippen LogP contribution is -2.08. The van der Waals surface area contributed by atoms with Gasteiger partial charge in [-0.15, -0.1) is 0 Å². The third-order valence-electron chi connectivity index (χ3n) is 2.79. The van der Waals surface area contributed by atoms with Gasteiger partial charge in [-0.25, -0.2) is 4.98 Å². The van der Waals surface area contributed by atoms with Gasteiger partial charge in [-0.1, -0.05) is 13.3 Å². The fourth-order valence-corrected chi connectivity index (χ4v) is 1.63. The van der Waals surface area contributed by atoms with Crippen molar-refractivity contribution in [1.82, 2.24) is 15.0 Å². The van der Waals surface area contributed by atoms with E-state index in [-0.39, 0.29) is 0 Å². The predicted molar refractivity (Wildman–Crippen MR) is 78.4 cm³/mol. The molecule has 6 nitrogen and oxygen atoms in total. The first-order valence-electron chi connectivity index (χ1n) is 6.67. The average Bonchev–Trinajstić information content (AvgIpc) is 2.49. The molecule has 3 N–H and O–H groups in total. The second-order valence-electron chi connectivity index (χ2n) is 4.35. The number of nitrogens with two attached hydrogens (primary N) is 1. The molecule has 0 amide bonds. The summed E-state index contributed by atoms with van der Waals surface area (Å²) in [5.41, 5.74) is 7.55. The average molecular weight is 273 g/mol. The molecule has 2 aromatic rings. The minimum Gasteiger partial charge on any atom is -0.476 e. The molecule has 20 heavy (non-hydrogen) atoms. The van der Waals surface area contributed by atoms with Crippen molar-refractivity contribution in [3.63, 3.8) is 0 Å². The molecule has 2 rings (SSSR count). The first-order valence-corrected chi connectivity index (χ1v) is 6.67. The van der Waals surface area contributed by atoms with Crippen molar-refractivity contribution < 1.29 is 4.74 Å². The summed E-state index contributed by atoms with van der Waals surface area (Å²) in [4.78, 5) is 12.2. The van der Waals surface area contributed by atoms with Crippen LogP contribution in [-0.4, -0.2) is 21.6 Å². The van der Waals surface area contributed by atoms with E-state index in [9.17, 15) is 0 Å². The van der Waals surface area contributed by atoms with Crippen LogP contribution in [0.1, 0.15) is 25.3 Å². The molecule has 0 atom stereocenters. The van der Waals surface area contributed by atoms with Crippen molar-refractivity contribution in [1.29, 1.82) is 0 Å². The van der Waals surface area contributed by atoms with E-state index in [1.807, 2.05) is 12.1 Å². The summed E-state index contributed by atoms with van der Waals surface area (Å²) >= 11 is 0. The van der Waals surface area contributed by atoms with Crippen LogP contribution >= 0.6 is 0 Å². The number of anilines is 2. The van der Waals surface area contributed by atoms with Gasteiger partial charge in [-0.05, 0) is 24.1 Å². The Morgan fingerprint density at radius 1 is 1.25 bits per heavy atom. The molecule has 0 saturated heterocycles. The lowest BCUT2D eigenvalue weighted by Gasteiger charge is -2.11. The van der Waals surface area contributed by atoms with Gasteiger partial charge in [-0.2, -0.15) is 4.98 Å². The van der Waals surface area contributed by atoms with Crippen LogP contribution in [0.2, 0.25) is 0 Å². The normalized spacial score (nSPS) is 10.2. The number of nitrogen functional groups attached to an aromatic ring is 1. The molecule has 2 aromatic heterocycles. The van der Waals surface area contributed by atoms with Crippen LogP contribution in [0, 0.1) is 0 Å². The quantitative estimate of drug-likeness (QED) is 0.752. The minimum atomic E-state index is 0.436. The van der Waals surface area contributed by atoms with Crippen molar-refractivity contribution in [2.24, 2.45) is 0 Å². The Morgan fingerprint density at radius 3 is 2.80 bits per heavy atom. The highest BCUT2D eigenvalue weighted by Crippen LogP contribution is 2.25. The highest BCUT2D eigenvalue weighted by molar-refractivity contribution is 5.66. The van der Waals surface area contributed by atoms with Crippen molar-refractivity contribution in [3.8, 4) is 5.88 Å². The van der Waals surface area contributed by atoms with Crippen molar-refractivity contribution in [3.05, 3.63) is 36.4 Å². The highest BCUT2D eigenvalue weighted by Gasteiger charge is 2.08. The van der Waals surface area contributed by atoms with Gasteiger partial charge in [0.05, 0.1) is 6.61 Å². The number of ether oxygens (including phenoxy) is 1. The number of nitrogens with zero attached hydrogens (tertiary/aromatic N) is 3. The summed E-state index contributed by atoms with van der Waals surface area (Å²) in [5.74, 6) is 1.02. The number of pyridine rings is 1. The number of aromatic nitrogens is 3. The van der Waals surface area contributed by atoms with Crippen LogP contribution in [0.3, 0.4) is 0 Å². The van der Waals surface area contributed by atoms with E-state index in [4.69, 9.17) is 10.5 Å². The Bertz CT molecular complexity index is 532. The molecule has 0 aliphatic carbocycles. The molecule has 0 spiro atoms. The van der Waals surface area contributed by atoms with E-state index >= 15 is 0 Å². The molecule has 0 aliphatic heterocycles. The maximum absolute atomic E-state index is 6.00. The van der Waals surface area contributed by atoms with Crippen LogP contribution in [-0.2, 0) is 6.54 Å². The first kappa shape index (κ1) is 14.0. The molecule has 2 heterocycles. The lowest BCUT2D eigenvalue weighted by molar-refractivity contribution is 0.299. The maximum atomic E-state index is 6.00. The number of rotatable bonds is 7. The topological polar surface area (TPSA) is 86.0 Å². The van der Waals surface area contributed by atoms with Gasteiger partial charge in [0.2, 0.25) is 5.88 Å². The zero-order valence-corrected chi connectivity index (χ0v) is 11.5. The van der Waals surface area contributed by atoms with Crippen molar-refractivity contribution >= 4 is 11.5 Å². The van der Waals surface area contributed by atoms with Crippen LogP contribution < -0.4 is 15.8 Å². The molecule has 6 heteroatoms. The van der Waals surface area contributed by atoms with Gasteiger partial charge in [-0.3, -0.25) is 4.98 Å². The molecule has 0 saturated carbocycles. The number of nitrogens with one attached hydrogen (secondary N) is 1. The number of hydrogen-bond acceptors (Lipinski definition) is 6. The Balaban J connectivity index is 1.99. The first-order chi connectivity index (χ1) is 9.81. The molecule has 0 fully saturated rings. The summed E-state index contributed by atoms with van der Waals surface area (Å²) in [5, 5.41) is 3.18. The van der Waals surface area contributed by atoms with Gasteiger partial charge in [0, 0.05) is 18.9 Å². The largest absolute Gasteiger partial charge is 0.476 e. The standard InChI is InChI=1S/C14H19N5O/c1-2-3-8-20-14-12(15)13(18-10-19-14)17-9-11-4-6-16-7-5-11/h4-7,10H,2-3,8-9,15H2,1H3,(H,17,18,19). The SMILES string of the molecule is CCCCOc1ncnc(NCc2ccncc2)c1N. The van der Waals surface area contributed by atoms with Gasteiger partial charge in [0.1, 0.15) is 12.0 Å². The zero-order valence-electron chi connectivity index (χ0n) is 11.5. The summed E-state index contributed by atoms with van der Waals surface area (Å²) < 4.78 is 5.54. The smallest absolute Gasteiger partial charge is 0.242 e. The molecule has 0 bridgehead atoms. The van der Waals surface area contributed by atoms with Crippen LogP contribution in [0.15, 0.2) is 30.9 Å². The fraction of sp³-hybridized carbons (Fsp3) is 0.357. The van der Waals surface area contributed by atoms with Crippen molar-refractivity contribution in [2.45, 2.75) is 26.3 Å². The third-order valence-corrected chi connectivity index (χ3v) is 2.79. The zero-order chi connectivity index (χ0) is 14.2.